The number of rotatable bonds is 58. The van der Waals surface area contributed by atoms with Crippen LogP contribution >= 0.6 is 0 Å². The lowest BCUT2D eigenvalue weighted by Gasteiger charge is -2.15. The SMILES string of the molecule is CC/C=C\C/C=C\C/C=C\C/C=C\C/C=C\C/C=C\C/C=C\C/C=C\CCCCCCCCCCCCC(=O)OC(CO)COC(=O)CCCCCCCCCC/C=C\C/C=C\C/C=C\C/C=C\C/C=C\C/C=C\C/C=C\C/C=C\CC. The van der Waals surface area contributed by atoms with Crippen LogP contribution in [0.2, 0.25) is 0 Å². The Hall–Kier alpha value is -5.26. The topological polar surface area (TPSA) is 72.8 Å². The Bertz CT molecular complexity index is 1900. The van der Waals surface area contributed by atoms with E-state index in [1.54, 1.807) is 0 Å². The molecule has 5 nitrogen and oxygen atoms in total. The number of unbranched alkanes of at least 4 members (excludes halogenated alkanes) is 18. The van der Waals surface area contributed by atoms with Crippen LogP contribution < -0.4 is 0 Å². The molecule has 0 rings (SSSR count). The number of carbonyl (C=O) groups excluding carboxylic acids is 2. The van der Waals surface area contributed by atoms with Gasteiger partial charge in [0.25, 0.3) is 0 Å². The molecule has 1 unspecified atom stereocenters. The van der Waals surface area contributed by atoms with Crippen molar-refractivity contribution in [3.05, 3.63) is 194 Å². The molecule has 5 heteroatoms. The standard InChI is InChI=1S/C77H120O5/c1-3-5-7-9-11-13-15-17-19-21-23-25-27-29-31-33-35-37-38-40-42-44-46-48-50-52-54-56-58-60-62-64-66-68-70-72-77(80)82-75(73-78)74-81-76(79)71-69-67-65-63-61-59-57-55-53-51-49-47-45-43-41-39-36-34-32-30-28-26-24-22-20-18-16-14-12-10-8-6-4-2/h5-8,11-14,17-20,23-26,29-32,35-37,39-40,42-43,45-46,48-49,51,75,78H,3-4,9-10,15-16,21-22,27-28,33-34,38,41,44,47,50,52-74H2,1-2H3/b7-5-,8-6-,13-11-,14-12-,19-17-,20-18-,25-23-,26-24-,31-29-,32-30-,37-35-,39-36-,42-40-,45-43-,48-46-,51-49-. The van der Waals surface area contributed by atoms with Crippen LogP contribution in [0.5, 0.6) is 0 Å². The summed E-state index contributed by atoms with van der Waals surface area (Å²) in [4.78, 5) is 24.6. The predicted molar refractivity (Wildman–Crippen MR) is 361 cm³/mol. The zero-order valence-corrected chi connectivity index (χ0v) is 52.4. The van der Waals surface area contributed by atoms with Crippen molar-refractivity contribution in [2.24, 2.45) is 0 Å². The lowest BCUT2D eigenvalue weighted by atomic mass is 10.0. The van der Waals surface area contributed by atoms with Crippen molar-refractivity contribution in [2.45, 2.75) is 264 Å². The van der Waals surface area contributed by atoms with Crippen LogP contribution in [-0.4, -0.2) is 36.4 Å². The Morgan fingerprint density at radius 1 is 0.280 bits per heavy atom. The third-order valence-corrected chi connectivity index (χ3v) is 13.4. The van der Waals surface area contributed by atoms with Gasteiger partial charge >= 0.3 is 11.9 Å². The van der Waals surface area contributed by atoms with Crippen molar-refractivity contribution in [2.75, 3.05) is 13.2 Å². The van der Waals surface area contributed by atoms with Gasteiger partial charge in [-0.1, -0.05) is 298 Å². The molecule has 82 heavy (non-hydrogen) atoms. The maximum absolute atomic E-state index is 12.4. The van der Waals surface area contributed by atoms with E-state index in [9.17, 15) is 14.7 Å². The van der Waals surface area contributed by atoms with Crippen molar-refractivity contribution >= 4 is 11.9 Å². The number of ether oxygens (including phenoxy) is 2. The van der Waals surface area contributed by atoms with Crippen LogP contribution in [0.1, 0.15) is 258 Å². The van der Waals surface area contributed by atoms with Crippen LogP contribution in [0.4, 0.5) is 0 Å². The van der Waals surface area contributed by atoms with E-state index in [2.05, 4.69) is 208 Å². The van der Waals surface area contributed by atoms with Crippen LogP contribution in [0.25, 0.3) is 0 Å². The third kappa shape index (κ3) is 67.2. The van der Waals surface area contributed by atoms with Crippen molar-refractivity contribution in [1.82, 2.24) is 0 Å². The quantitative estimate of drug-likeness (QED) is 0.0373. The molecular weight excluding hydrogens is 1000 g/mol. The average Bonchev–Trinajstić information content (AvgIpc) is 3.49. The average molecular weight is 1130 g/mol. The molecule has 0 heterocycles. The van der Waals surface area contributed by atoms with E-state index in [0.717, 1.165) is 148 Å². The first kappa shape index (κ1) is 76.7. The smallest absolute Gasteiger partial charge is 0.306 e. The van der Waals surface area contributed by atoms with E-state index in [1.807, 2.05) is 0 Å². The summed E-state index contributed by atoms with van der Waals surface area (Å²) in [7, 11) is 0. The van der Waals surface area contributed by atoms with E-state index in [-0.39, 0.29) is 25.2 Å². The van der Waals surface area contributed by atoms with Crippen LogP contribution in [0, 0.1) is 0 Å². The molecule has 0 aromatic rings. The summed E-state index contributed by atoms with van der Waals surface area (Å²) < 4.78 is 10.7. The monoisotopic (exact) mass is 1120 g/mol. The molecule has 0 saturated heterocycles. The Labute approximate surface area is 505 Å². The van der Waals surface area contributed by atoms with Gasteiger partial charge in [0.05, 0.1) is 6.61 Å². The van der Waals surface area contributed by atoms with Crippen LogP contribution in [0.3, 0.4) is 0 Å². The molecule has 1 N–H and O–H groups in total. The van der Waals surface area contributed by atoms with Crippen molar-refractivity contribution < 1.29 is 24.2 Å². The summed E-state index contributed by atoms with van der Waals surface area (Å²) in [6, 6.07) is 0. The molecule has 0 aliphatic carbocycles. The van der Waals surface area contributed by atoms with Gasteiger partial charge < -0.3 is 14.6 Å². The predicted octanol–water partition coefficient (Wildman–Crippen LogP) is 23.2. The first-order chi connectivity index (χ1) is 40.6. The van der Waals surface area contributed by atoms with Gasteiger partial charge in [-0.05, 0) is 141 Å². The maximum Gasteiger partial charge on any atom is 0.306 e. The van der Waals surface area contributed by atoms with Crippen molar-refractivity contribution in [1.29, 1.82) is 0 Å². The zero-order chi connectivity index (χ0) is 59.1. The molecule has 0 radical (unpaired) electrons. The van der Waals surface area contributed by atoms with Crippen LogP contribution in [-0.2, 0) is 19.1 Å². The van der Waals surface area contributed by atoms with Gasteiger partial charge in [-0.2, -0.15) is 0 Å². The molecule has 0 amide bonds. The van der Waals surface area contributed by atoms with E-state index in [4.69, 9.17) is 9.47 Å². The second-order valence-corrected chi connectivity index (χ2v) is 21.1. The molecule has 0 fully saturated rings. The van der Waals surface area contributed by atoms with E-state index in [1.165, 1.54) is 83.5 Å². The molecule has 0 aromatic heterocycles. The summed E-state index contributed by atoms with van der Waals surface area (Å²) in [6.07, 6.45) is 111. The number of aliphatic hydroxyl groups excluding tert-OH is 1. The normalized spacial score (nSPS) is 13.5. The number of hydrogen-bond acceptors (Lipinski definition) is 5. The van der Waals surface area contributed by atoms with Gasteiger partial charge in [0.15, 0.2) is 6.10 Å². The molecule has 1 atom stereocenters. The summed E-state index contributed by atoms with van der Waals surface area (Å²) in [6.45, 7) is 3.90. The summed E-state index contributed by atoms with van der Waals surface area (Å²) in [5, 5.41) is 9.69. The molecule has 0 aliphatic heterocycles. The van der Waals surface area contributed by atoms with Gasteiger partial charge in [0.2, 0.25) is 0 Å². The highest BCUT2D eigenvalue weighted by Crippen LogP contribution is 2.15. The molecule has 458 valence electrons. The fourth-order valence-corrected chi connectivity index (χ4v) is 8.53. The Balaban J connectivity index is 3.61. The first-order valence-corrected chi connectivity index (χ1v) is 33.0. The second-order valence-electron chi connectivity index (χ2n) is 21.1. The zero-order valence-electron chi connectivity index (χ0n) is 52.4. The molecule has 0 spiro atoms. The number of allylic oxidation sites excluding steroid dienone is 32. The molecule has 0 aromatic carbocycles. The summed E-state index contributed by atoms with van der Waals surface area (Å²) >= 11 is 0. The van der Waals surface area contributed by atoms with Gasteiger partial charge in [-0.15, -0.1) is 0 Å². The number of carbonyl (C=O) groups is 2. The number of hydrogen-bond donors (Lipinski definition) is 1. The molecule has 0 bridgehead atoms. The van der Waals surface area contributed by atoms with Crippen molar-refractivity contribution in [3.63, 3.8) is 0 Å². The number of esters is 2. The van der Waals surface area contributed by atoms with E-state index < -0.39 is 6.10 Å². The van der Waals surface area contributed by atoms with Crippen molar-refractivity contribution in [3.8, 4) is 0 Å². The Morgan fingerprint density at radius 2 is 0.488 bits per heavy atom. The van der Waals surface area contributed by atoms with Gasteiger partial charge in [0.1, 0.15) is 6.61 Å². The fraction of sp³-hybridized carbons (Fsp3) is 0.558. The molecular formula is C77H120O5. The van der Waals surface area contributed by atoms with Gasteiger partial charge in [0, 0.05) is 12.8 Å². The summed E-state index contributed by atoms with van der Waals surface area (Å²) in [5.74, 6) is -0.616. The van der Waals surface area contributed by atoms with Crippen LogP contribution in [0.15, 0.2) is 194 Å². The number of aliphatic hydroxyl groups is 1. The Morgan fingerprint density at radius 3 is 0.732 bits per heavy atom. The highest BCUT2D eigenvalue weighted by Gasteiger charge is 2.16. The van der Waals surface area contributed by atoms with Gasteiger partial charge in [-0.3, -0.25) is 9.59 Å². The highest BCUT2D eigenvalue weighted by atomic mass is 16.6. The van der Waals surface area contributed by atoms with Gasteiger partial charge in [-0.25, -0.2) is 0 Å². The van der Waals surface area contributed by atoms with E-state index in [0.29, 0.717) is 12.8 Å². The fourth-order valence-electron chi connectivity index (χ4n) is 8.53. The third-order valence-electron chi connectivity index (χ3n) is 13.4. The second kappa shape index (κ2) is 70.0. The largest absolute Gasteiger partial charge is 0.462 e. The minimum Gasteiger partial charge on any atom is -0.462 e. The van der Waals surface area contributed by atoms with E-state index >= 15 is 0 Å². The summed E-state index contributed by atoms with van der Waals surface area (Å²) in [5.41, 5.74) is 0. The molecule has 0 saturated carbocycles. The maximum atomic E-state index is 12.4. The lowest BCUT2D eigenvalue weighted by molar-refractivity contribution is -0.161. The lowest BCUT2D eigenvalue weighted by Crippen LogP contribution is -2.28. The highest BCUT2D eigenvalue weighted by molar-refractivity contribution is 5.70. The minimum atomic E-state index is -0.795. The minimum absolute atomic E-state index is 0.0842. The molecule has 0 aliphatic rings. The Kier molecular flexibility index (Phi) is 65.5. The first-order valence-electron chi connectivity index (χ1n) is 33.0.